The summed E-state index contributed by atoms with van der Waals surface area (Å²) in [6.07, 6.45) is 5.55. The highest BCUT2D eigenvalue weighted by Crippen LogP contribution is 2.30. The van der Waals surface area contributed by atoms with Crippen LogP contribution in [-0.4, -0.2) is 47.3 Å². The number of methoxy groups -OCH3 is 1. The summed E-state index contributed by atoms with van der Waals surface area (Å²) in [5.74, 6) is 5.97. The first-order valence-electron chi connectivity index (χ1n) is 10.6. The molecule has 6 nitrogen and oxygen atoms in total. The normalized spacial score (nSPS) is 15.7. The number of carboxylic acids is 1. The fourth-order valence-corrected chi connectivity index (χ4v) is 3.90. The van der Waals surface area contributed by atoms with Crippen LogP contribution < -0.4 is 4.90 Å². The van der Waals surface area contributed by atoms with E-state index in [0.29, 0.717) is 23.6 Å². The molecule has 2 aromatic heterocycles. The molecule has 1 N–H and O–H groups in total. The second kappa shape index (κ2) is 9.63. The largest absolute Gasteiger partial charge is 0.478 e. The molecule has 3 aromatic rings. The lowest BCUT2D eigenvalue weighted by Gasteiger charge is -2.34. The monoisotopic (exact) mass is 427 g/mol. The fraction of sp³-hybridized carbons (Fsp3) is 0.269. The molecule has 0 amide bonds. The Morgan fingerprint density at radius 3 is 2.66 bits per heavy atom. The Hall–Kier alpha value is -3.69. The zero-order chi connectivity index (χ0) is 22.5. The first-order chi connectivity index (χ1) is 15.5. The minimum Gasteiger partial charge on any atom is -0.478 e. The Labute approximate surface area is 187 Å². The summed E-state index contributed by atoms with van der Waals surface area (Å²) in [7, 11) is 1.71. The molecule has 1 unspecified atom stereocenters. The van der Waals surface area contributed by atoms with E-state index in [4.69, 9.17) is 9.72 Å². The Bertz CT molecular complexity index is 1160. The third-order valence-electron chi connectivity index (χ3n) is 5.68. The average molecular weight is 428 g/mol. The van der Waals surface area contributed by atoms with Crippen molar-refractivity contribution < 1.29 is 14.6 Å². The number of aromatic carboxylic acids is 1. The van der Waals surface area contributed by atoms with Crippen LogP contribution in [0.25, 0.3) is 11.3 Å². The predicted octanol–water partition coefficient (Wildman–Crippen LogP) is 4.17. The Morgan fingerprint density at radius 1 is 1.19 bits per heavy atom. The molecule has 6 heteroatoms. The molecule has 0 spiro atoms. The van der Waals surface area contributed by atoms with Crippen LogP contribution in [-0.2, 0) is 4.74 Å². The number of ether oxygens (including phenoxy) is 1. The van der Waals surface area contributed by atoms with Gasteiger partial charge in [0.1, 0.15) is 5.82 Å². The third kappa shape index (κ3) is 4.79. The molecule has 1 fully saturated rings. The lowest BCUT2D eigenvalue weighted by molar-refractivity contribution is 0.0696. The molecule has 1 saturated heterocycles. The zero-order valence-corrected chi connectivity index (χ0v) is 18.2. The van der Waals surface area contributed by atoms with Gasteiger partial charge in [0.15, 0.2) is 0 Å². The number of anilines is 1. The van der Waals surface area contributed by atoms with Crippen molar-refractivity contribution in [3.05, 3.63) is 77.1 Å². The summed E-state index contributed by atoms with van der Waals surface area (Å²) in [5.41, 5.74) is 4.14. The molecule has 1 atom stereocenters. The molecule has 0 aliphatic carbocycles. The van der Waals surface area contributed by atoms with Crippen molar-refractivity contribution in [2.24, 2.45) is 0 Å². The van der Waals surface area contributed by atoms with Crippen molar-refractivity contribution in [2.75, 3.05) is 25.1 Å². The summed E-state index contributed by atoms with van der Waals surface area (Å²) in [4.78, 5) is 23.0. The number of rotatable bonds is 4. The van der Waals surface area contributed by atoms with Gasteiger partial charge in [-0.2, -0.15) is 0 Å². The second-order valence-corrected chi connectivity index (χ2v) is 7.82. The summed E-state index contributed by atoms with van der Waals surface area (Å²) in [5, 5.41) is 9.79. The van der Waals surface area contributed by atoms with E-state index >= 15 is 0 Å². The van der Waals surface area contributed by atoms with Crippen molar-refractivity contribution in [3.63, 3.8) is 0 Å². The van der Waals surface area contributed by atoms with Crippen molar-refractivity contribution in [1.29, 1.82) is 0 Å². The van der Waals surface area contributed by atoms with Crippen LogP contribution in [0.3, 0.4) is 0 Å². The number of benzene rings is 1. The van der Waals surface area contributed by atoms with Gasteiger partial charge >= 0.3 is 5.97 Å². The number of hydrogen-bond acceptors (Lipinski definition) is 5. The van der Waals surface area contributed by atoms with Gasteiger partial charge in [0.25, 0.3) is 0 Å². The number of carboxylic acid groups (broad SMARTS) is 1. The van der Waals surface area contributed by atoms with Crippen LogP contribution in [0.5, 0.6) is 0 Å². The Morgan fingerprint density at radius 2 is 1.97 bits per heavy atom. The predicted molar refractivity (Wildman–Crippen MR) is 124 cm³/mol. The van der Waals surface area contributed by atoms with Crippen LogP contribution in [0.4, 0.5) is 5.82 Å². The number of nitrogens with zero attached hydrogens (tertiary/aromatic N) is 3. The molecule has 32 heavy (non-hydrogen) atoms. The van der Waals surface area contributed by atoms with Crippen LogP contribution in [0.15, 0.2) is 54.9 Å². The second-order valence-electron chi connectivity index (χ2n) is 7.82. The van der Waals surface area contributed by atoms with E-state index < -0.39 is 5.97 Å². The molecular formula is C26H25N3O3. The molecule has 4 rings (SSSR count). The first kappa shape index (κ1) is 21.5. The van der Waals surface area contributed by atoms with Gasteiger partial charge in [0.2, 0.25) is 0 Å². The van der Waals surface area contributed by atoms with Gasteiger partial charge in [0, 0.05) is 54.8 Å². The van der Waals surface area contributed by atoms with Crippen LogP contribution in [0.1, 0.15) is 39.9 Å². The van der Waals surface area contributed by atoms with E-state index in [0.717, 1.165) is 36.1 Å². The van der Waals surface area contributed by atoms with Crippen LogP contribution >= 0.6 is 0 Å². The van der Waals surface area contributed by atoms with Crippen molar-refractivity contribution in [2.45, 2.75) is 25.9 Å². The van der Waals surface area contributed by atoms with Crippen molar-refractivity contribution in [1.82, 2.24) is 9.97 Å². The Balaban J connectivity index is 1.66. The van der Waals surface area contributed by atoms with E-state index in [9.17, 15) is 9.90 Å². The molecule has 0 saturated carbocycles. The fourth-order valence-electron chi connectivity index (χ4n) is 3.90. The van der Waals surface area contributed by atoms with Crippen LogP contribution in [0.2, 0.25) is 0 Å². The van der Waals surface area contributed by atoms with E-state index in [2.05, 4.69) is 21.7 Å². The van der Waals surface area contributed by atoms with Crippen molar-refractivity contribution in [3.8, 4) is 23.1 Å². The average Bonchev–Trinajstić information content (AvgIpc) is 2.84. The maximum absolute atomic E-state index is 11.9. The standard InChI is InChI=1S/C26H25N3O3/c1-18-23(26(30)31)15-24(28-25(18)29-14-4-6-22(17-29)32-2)21-11-9-19(10-12-21)7-8-20-5-3-13-27-16-20/h3,5,9-13,15-16,22H,4,6,14,17H2,1-2H3,(H,30,31). The van der Waals surface area contributed by atoms with Gasteiger partial charge in [-0.15, -0.1) is 0 Å². The molecule has 3 heterocycles. The van der Waals surface area contributed by atoms with E-state index in [1.807, 2.05) is 43.3 Å². The van der Waals surface area contributed by atoms with Crippen molar-refractivity contribution >= 4 is 11.8 Å². The number of carbonyl (C=O) groups is 1. The van der Waals surface area contributed by atoms with Gasteiger partial charge in [-0.25, -0.2) is 9.78 Å². The zero-order valence-electron chi connectivity index (χ0n) is 18.2. The smallest absolute Gasteiger partial charge is 0.336 e. The Kier molecular flexibility index (Phi) is 6.48. The number of aromatic nitrogens is 2. The highest BCUT2D eigenvalue weighted by atomic mass is 16.5. The van der Waals surface area contributed by atoms with E-state index in [1.165, 1.54) is 0 Å². The van der Waals surface area contributed by atoms with Gasteiger partial charge in [-0.3, -0.25) is 4.98 Å². The highest BCUT2D eigenvalue weighted by molar-refractivity contribution is 5.92. The van der Waals surface area contributed by atoms with Gasteiger partial charge in [-0.1, -0.05) is 24.0 Å². The van der Waals surface area contributed by atoms with E-state index in [1.54, 1.807) is 25.6 Å². The maximum atomic E-state index is 11.9. The molecule has 1 aliphatic rings. The summed E-state index contributed by atoms with van der Waals surface area (Å²) < 4.78 is 5.54. The maximum Gasteiger partial charge on any atom is 0.336 e. The van der Waals surface area contributed by atoms with Gasteiger partial charge < -0.3 is 14.7 Å². The summed E-state index contributed by atoms with van der Waals surface area (Å²) in [6.45, 7) is 3.36. The molecule has 1 aromatic carbocycles. The topological polar surface area (TPSA) is 75.5 Å². The third-order valence-corrected chi connectivity index (χ3v) is 5.68. The SMILES string of the molecule is COC1CCCN(c2nc(-c3ccc(C#Cc4cccnc4)cc3)cc(C(=O)O)c2C)C1. The molecule has 0 radical (unpaired) electrons. The van der Waals surface area contributed by atoms with Gasteiger partial charge in [0.05, 0.1) is 17.4 Å². The highest BCUT2D eigenvalue weighted by Gasteiger charge is 2.24. The van der Waals surface area contributed by atoms with Gasteiger partial charge in [-0.05, 0) is 50.1 Å². The summed E-state index contributed by atoms with van der Waals surface area (Å²) >= 11 is 0. The minimum absolute atomic E-state index is 0.125. The minimum atomic E-state index is -0.952. The summed E-state index contributed by atoms with van der Waals surface area (Å²) in [6, 6.07) is 13.1. The number of pyridine rings is 2. The molecule has 162 valence electrons. The lowest BCUT2D eigenvalue weighted by atomic mass is 10.0. The van der Waals surface area contributed by atoms with E-state index in [-0.39, 0.29) is 11.7 Å². The first-order valence-corrected chi connectivity index (χ1v) is 10.6. The lowest BCUT2D eigenvalue weighted by Crippen LogP contribution is -2.40. The quantitative estimate of drug-likeness (QED) is 0.630. The number of hydrogen-bond donors (Lipinski definition) is 1. The number of piperidine rings is 1. The van der Waals surface area contributed by atoms with Crippen LogP contribution in [0, 0.1) is 18.8 Å². The molecular weight excluding hydrogens is 402 g/mol. The molecule has 1 aliphatic heterocycles. The molecule has 0 bridgehead atoms.